The van der Waals surface area contributed by atoms with E-state index in [4.69, 9.17) is 0 Å². The van der Waals surface area contributed by atoms with E-state index in [1.807, 2.05) is 35.2 Å². The quantitative estimate of drug-likeness (QED) is 0.439. The molecule has 4 aromatic rings. The Bertz CT molecular complexity index is 1240. The highest BCUT2D eigenvalue weighted by Crippen LogP contribution is 2.22. The number of fused-ring (bicyclic) bond motifs is 1. The van der Waals surface area contributed by atoms with Gasteiger partial charge < -0.3 is 20.1 Å². The Hall–Kier alpha value is -3.54. The summed E-state index contributed by atoms with van der Waals surface area (Å²) in [5.41, 5.74) is 1.57. The smallest absolute Gasteiger partial charge is 0.242 e. The van der Waals surface area contributed by atoms with Crippen LogP contribution in [0.3, 0.4) is 0 Å². The fraction of sp³-hybridized carbons (Fsp3) is 0.263. The normalized spacial score (nSPS) is 14.5. The number of halogens is 1. The first-order valence-corrected chi connectivity index (χ1v) is 10.5. The number of aromatic amines is 1. The highest BCUT2D eigenvalue weighted by Gasteiger charge is 2.24. The average molecular weight is 483 g/mol. The van der Waals surface area contributed by atoms with Gasteiger partial charge >= 0.3 is 0 Å². The van der Waals surface area contributed by atoms with Crippen LogP contribution < -0.4 is 10.2 Å². The number of hydrogen-bond donors (Lipinski definition) is 2. The number of hydrogen-bond acceptors (Lipinski definition) is 8. The van der Waals surface area contributed by atoms with Gasteiger partial charge in [0.05, 0.1) is 23.8 Å². The van der Waals surface area contributed by atoms with Gasteiger partial charge in [-0.3, -0.25) is 4.79 Å². The Kier molecular flexibility index (Phi) is 4.98. The molecule has 0 spiro atoms. The van der Waals surface area contributed by atoms with Crippen LogP contribution in [0.2, 0.25) is 0 Å². The van der Waals surface area contributed by atoms with Crippen LogP contribution in [-0.2, 0) is 11.3 Å². The number of nitrogens with zero attached hydrogens (tertiary/aromatic N) is 8. The summed E-state index contributed by atoms with van der Waals surface area (Å²) in [5.74, 6) is 2.36. The Morgan fingerprint density at radius 1 is 1.16 bits per heavy atom. The van der Waals surface area contributed by atoms with Crippen molar-refractivity contribution in [3.8, 4) is 11.4 Å². The molecule has 0 atom stereocenters. The zero-order valence-electron chi connectivity index (χ0n) is 16.7. The van der Waals surface area contributed by atoms with Gasteiger partial charge in [-0.25, -0.2) is 0 Å². The van der Waals surface area contributed by atoms with E-state index in [0.717, 1.165) is 10.0 Å². The molecule has 1 fully saturated rings. The molecule has 12 heteroatoms. The van der Waals surface area contributed by atoms with Gasteiger partial charge in [0, 0.05) is 25.7 Å². The second-order valence-corrected chi connectivity index (χ2v) is 8.01. The number of aromatic nitrogens is 7. The van der Waals surface area contributed by atoms with E-state index in [1.54, 1.807) is 22.7 Å². The largest absolute Gasteiger partial charge is 0.347 e. The van der Waals surface area contributed by atoms with E-state index >= 15 is 0 Å². The summed E-state index contributed by atoms with van der Waals surface area (Å²) >= 11 is 3.48. The molecule has 2 N–H and O–H groups in total. The zero-order chi connectivity index (χ0) is 21.4. The predicted octanol–water partition coefficient (Wildman–Crippen LogP) is 1.56. The van der Waals surface area contributed by atoms with Gasteiger partial charge in [-0.05, 0) is 15.9 Å². The van der Waals surface area contributed by atoms with Crippen LogP contribution in [0.15, 0.2) is 41.0 Å². The lowest BCUT2D eigenvalue weighted by Crippen LogP contribution is -2.49. The number of carbonyl (C=O) groups excluding carboxylic acids is 1. The molecule has 11 nitrogen and oxygen atoms in total. The van der Waals surface area contributed by atoms with Crippen molar-refractivity contribution in [1.29, 1.82) is 0 Å². The summed E-state index contributed by atoms with van der Waals surface area (Å²) in [6, 6.07) is 9.80. The van der Waals surface area contributed by atoms with Crippen LogP contribution >= 0.6 is 15.9 Å². The van der Waals surface area contributed by atoms with Crippen LogP contribution in [0.4, 0.5) is 11.9 Å². The minimum atomic E-state index is 0.0342. The topological polar surface area (TPSA) is 120 Å². The van der Waals surface area contributed by atoms with E-state index in [0.29, 0.717) is 48.8 Å². The maximum absolute atomic E-state index is 12.1. The maximum atomic E-state index is 12.1. The first-order valence-electron chi connectivity index (χ1n) is 9.69. The van der Waals surface area contributed by atoms with Crippen molar-refractivity contribution < 1.29 is 4.79 Å². The lowest BCUT2D eigenvalue weighted by molar-refractivity contribution is -0.129. The monoisotopic (exact) mass is 482 g/mol. The van der Waals surface area contributed by atoms with Crippen molar-refractivity contribution >= 4 is 39.4 Å². The molecule has 0 unspecified atom stereocenters. The molecular formula is C19H19BrN10O. The summed E-state index contributed by atoms with van der Waals surface area (Å²) in [6.45, 7) is 1.88. The minimum Gasteiger partial charge on any atom is -0.347 e. The summed E-state index contributed by atoms with van der Waals surface area (Å²) in [4.78, 5) is 28.2. The van der Waals surface area contributed by atoms with Crippen molar-refractivity contribution in [2.24, 2.45) is 0 Å². The summed E-state index contributed by atoms with van der Waals surface area (Å²) in [5, 5.41) is 16.0. The molecule has 1 amide bonds. The molecule has 0 bridgehead atoms. The van der Waals surface area contributed by atoms with Crippen LogP contribution in [0.25, 0.3) is 17.0 Å². The minimum absolute atomic E-state index is 0.0342. The van der Waals surface area contributed by atoms with Crippen LogP contribution in [0, 0.1) is 0 Å². The van der Waals surface area contributed by atoms with Crippen molar-refractivity contribution in [3.05, 3.63) is 46.8 Å². The highest BCUT2D eigenvalue weighted by atomic mass is 79.9. The van der Waals surface area contributed by atoms with Gasteiger partial charge in [-0.15, -0.1) is 10.2 Å². The van der Waals surface area contributed by atoms with Gasteiger partial charge in [0.25, 0.3) is 0 Å². The zero-order valence-corrected chi connectivity index (χ0v) is 18.2. The van der Waals surface area contributed by atoms with Gasteiger partial charge in [-0.2, -0.15) is 19.6 Å². The summed E-state index contributed by atoms with van der Waals surface area (Å²) in [6.07, 6.45) is 1.66. The van der Waals surface area contributed by atoms with Crippen molar-refractivity contribution in [1.82, 2.24) is 39.7 Å². The second-order valence-electron chi connectivity index (χ2n) is 7.15. The van der Waals surface area contributed by atoms with Crippen molar-refractivity contribution in [2.75, 3.05) is 36.9 Å². The van der Waals surface area contributed by atoms with Crippen LogP contribution in [0.1, 0.15) is 5.82 Å². The Balaban J connectivity index is 1.40. The molecule has 3 aromatic heterocycles. The number of H-pyrrole nitrogens is 1. The Labute approximate surface area is 185 Å². The molecule has 1 aromatic carbocycles. The number of carbonyl (C=O) groups is 1. The maximum Gasteiger partial charge on any atom is 0.242 e. The molecule has 0 aliphatic carbocycles. The van der Waals surface area contributed by atoms with E-state index in [-0.39, 0.29) is 12.5 Å². The number of rotatable bonds is 5. The summed E-state index contributed by atoms with van der Waals surface area (Å²) in [7, 11) is 1.80. The third-order valence-corrected chi connectivity index (χ3v) is 5.61. The molecule has 158 valence electrons. The Morgan fingerprint density at radius 2 is 2.00 bits per heavy atom. The van der Waals surface area contributed by atoms with E-state index in [9.17, 15) is 4.79 Å². The molecule has 1 aliphatic rings. The van der Waals surface area contributed by atoms with E-state index in [1.165, 1.54) is 0 Å². The molecule has 31 heavy (non-hydrogen) atoms. The number of amides is 1. The van der Waals surface area contributed by atoms with Crippen LogP contribution in [0.5, 0.6) is 0 Å². The SMILES string of the molecule is CN1CCN(c2nc(NCc3nnc(-c4ccccc4)[nH]3)n3ncc(Br)c3n2)CC1=O. The van der Waals surface area contributed by atoms with Gasteiger partial charge in [0.15, 0.2) is 11.5 Å². The third kappa shape index (κ3) is 3.81. The number of anilines is 2. The molecule has 1 aliphatic heterocycles. The first kappa shape index (κ1) is 19.4. The molecule has 5 rings (SSSR count). The van der Waals surface area contributed by atoms with Crippen LogP contribution in [-0.4, -0.2) is 72.3 Å². The first-order chi connectivity index (χ1) is 15.1. The lowest BCUT2D eigenvalue weighted by atomic mass is 10.2. The number of likely N-dealkylation sites (N-methyl/N-ethyl adjacent to an activating group) is 1. The number of nitrogens with one attached hydrogen (secondary N) is 2. The third-order valence-electron chi connectivity index (χ3n) is 5.05. The number of benzene rings is 1. The average Bonchev–Trinajstić information content (AvgIpc) is 3.42. The Morgan fingerprint density at radius 3 is 2.81 bits per heavy atom. The predicted molar refractivity (Wildman–Crippen MR) is 117 cm³/mol. The molecule has 0 radical (unpaired) electrons. The highest BCUT2D eigenvalue weighted by molar-refractivity contribution is 9.10. The standard InChI is InChI=1S/C19H19BrN10O/c1-28-7-8-29(11-15(28)31)19-24-17-13(20)9-22-30(17)18(25-19)21-10-14-23-16(27-26-14)12-5-3-2-4-6-12/h2-6,9H,7-8,10-11H2,1H3,(H,21,24,25)(H,23,26,27). The second kappa shape index (κ2) is 7.95. The lowest BCUT2D eigenvalue weighted by Gasteiger charge is -2.32. The van der Waals surface area contributed by atoms with Gasteiger partial charge in [-0.1, -0.05) is 30.3 Å². The molecule has 4 heterocycles. The van der Waals surface area contributed by atoms with Gasteiger partial charge in [0.1, 0.15) is 5.82 Å². The molecular weight excluding hydrogens is 464 g/mol. The van der Waals surface area contributed by atoms with Gasteiger partial charge in [0.2, 0.25) is 17.8 Å². The summed E-state index contributed by atoms with van der Waals surface area (Å²) < 4.78 is 2.35. The van der Waals surface area contributed by atoms with E-state index in [2.05, 4.69) is 51.5 Å². The fourth-order valence-corrected chi connectivity index (χ4v) is 3.64. The van der Waals surface area contributed by atoms with Crippen molar-refractivity contribution in [3.63, 3.8) is 0 Å². The molecule has 1 saturated heterocycles. The molecule has 0 saturated carbocycles. The van der Waals surface area contributed by atoms with E-state index < -0.39 is 0 Å². The fourth-order valence-electron chi connectivity index (χ4n) is 3.29. The van der Waals surface area contributed by atoms with Crippen molar-refractivity contribution in [2.45, 2.75) is 6.54 Å². The number of piperazine rings is 1.